The second kappa shape index (κ2) is 4.98. The number of fused-ring (bicyclic) bond motifs is 1. The van der Waals surface area contributed by atoms with Gasteiger partial charge in [-0.2, -0.15) is 0 Å². The van der Waals surface area contributed by atoms with Crippen LogP contribution in [0.25, 0.3) is 10.9 Å². The summed E-state index contributed by atoms with van der Waals surface area (Å²) in [5.41, 5.74) is 1.46. The molecule has 1 amide bonds. The summed E-state index contributed by atoms with van der Waals surface area (Å²) in [6.07, 6.45) is 1.63. The molecule has 0 aliphatic rings. The Morgan fingerprint density at radius 2 is 2.10 bits per heavy atom. The van der Waals surface area contributed by atoms with Crippen molar-refractivity contribution >= 4 is 34.2 Å². The number of aromatic nitrogens is 2. The number of pyridine rings is 1. The lowest BCUT2D eigenvalue weighted by molar-refractivity contribution is 0.101. The number of halogens is 1. The monoisotopic (exact) mass is 285 g/mol. The molecule has 2 aromatic heterocycles. The highest BCUT2D eigenvalue weighted by atomic mass is 35.5. The van der Waals surface area contributed by atoms with Crippen LogP contribution in [0.5, 0.6) is 0 Å². The second-order valence-corrected chi connectivity index (χ2v) is 4.84. The van der Waals surface area contributed by atoms with E-state index in [1.54, 1.807) is 24.4 Å². The Kier molecular flexibility index (Phi) is 3.16. The van der Waals surface area contributed by atoms with E-state index < -0.39 is 0 Å². The predicted octanol–water partition coefficient (Wildman–Crippen LogP) is 3.48. The summed E-state index contributed by atoms with van der Waals surface area (Å²) in [6, 6.07) is 12.8. The van der Waals surface area contributed by atoms with E-state index in [9.17, 15) is 4.79 Å². The van der Waals surface area contributed by atoms with Crippen LogP contribution in [0.15, 0.2) is 48.7 Å². The van der Waals surface area contributed by atoms with Crippen molar-refractivity contribution in [1.82, 2.24) is 9.55 Å². The molecule has 0 bridgehead atoms. The number of aryl methyl sites for hydroxylation is 1. The molecule has 3 aromatic rings. The van der Waals surface area contributed by atoms with Crippen molar-refractivity contribution in [3.63, 3.8) is 0 Å². The molecule has 0 radical (unpaired) electrons. The Morgan fingerprint density at radius 1 is 1.25 bits per heavy atom. The molecular weight excluding hydrogens is 274 g/mol. The maximum atomic E-state index is 12.3. The lowest BCUT2D eigenvalue weighted by Gasteiger charge is -2.05. The van der Waals surface area contributed by atoms with E-state index in [0.717, 1.165) is 10.9 Å². The number of anilines is 1. The second-order valence-electron chi connectivity index (χ2n) is 4.43. The zero-order valence-electron chi connectivity index (χ0n) is 10.8. The highest BCUT2D eigenvalue weighted by molar-refractivity contribution is 6.35. The number of nitrogens with zero attached hydrogens (tertiary/aromatic N) is 2. The number of benzene rings is 1. The minimum Gasteiger partial charge on any atom is -0.340 e. The molecule has 0 saturated heterocycles. The number of nitrogens with one attached hydrogen (secondary N) is 1. The Balaban J connectivity index is 2.00. The molecular formula is C15H12ClN3O. The first-order valence-electron chi connectivity index (χ1n) is 6.13. The predicted molar refractivity (Wildman–Crippen MR) is 80.1 cm³/mol. The van der Waals surface area contributed by atoms with Gasteiger partial charge in [-0.05, 0) is 30.3 Å². The highest BCUT2D eigenvalue weighted by Crippen LogP contribution is 2.26. The zero-order valence-corrected chi connectivity index (χ0v) is 11.6. The van der Waals surface area contributed by atoms with E-state index in [2.05, 4.69) is 10.3 Å². The summed E-state index contributed by atoms with van der Waals surface area (Å²) in [7, 11) is 1.84. The molecule has 0 aliphatic heterocycles. The minimum atomic E-state index is -0.210. The fourth-order valence-electron chi connectivity index (χ4n) is 2.16. The van der Waals surface area contributed by atoms with Gasteiger partial charge in [0.05, 0.1) is 0 Å². The first-order valence-corrected chi connectivity index (χ1v) is 6.51. The number of carbonyl (C=O) groups excluding carboxylic acids is 1. The Morgan fingerprint density at radius 3 is 2.80 bits per heavy atom. The average Bonchev–Trinajstić information content (AvgIpc) is 2.79. The first-order chi connectivity index (χ1) is 9.66. The summed E-state index contributed by atoms with van der Waals surface area (Å²) in [5.74, 6) is 0.312. The van der Waals surface area contributed by atoms with Gasteiger partial charge in [-0.3, -0.25) is 4.79 Å². The van der Waals surface area contributed by atoms with Crippen LogP contribution in [0.2, 0.25) is 5.02 Å². The first kappa shape index (κ1) is 12.7. The molecule has 0 spiro atoms. The zero-order chi connectivity index (χ0) is 14.1. The van der Waals surface area contributed by atoms with Gasteiger partial charge in [-0.15, -0.1) is 0 Å². The largest absolute Gasteiger partial charge is 0.340 e. The number of hydrogen-bond acceptors (Lipinski definition) is 2. The van der Waals surface area contributed by atoms with E-state index in [4.69, 9.17) is 11.6 Å². The van der Waals surface area contributed by atoms with Gasteiger partial charge < -0.3 is 9.88 Å². The van der Waals surface area contributed by atoms with Crippen LogP contribution in [0, 0.1) is 0 Å². The van der Waals surface area contributed by atoms with Crippen molar-refractivity contribution in [2.75, 3.05) is 5.32 Å². The lowest BCUT2D eigenvalue weighted by Crippen LogP contribution is -2.16. The molecule has 0 aliphatic carbocycles. The van der Waals surface area contributed by atoms with Crippen molar-refractivity contribution in [3.05, 3.63) is 59.4 Å². The van der Waals surface area contributed by atoms with Gasteiger partial charge in [0.15, 0.2) is 0 Å². The van der Waals surface area contributed by atoms with Crippen LogP contribution in [-0.2, 0) is 7.05 Å². The third-order valence-electron chi connectivity index (χ3n) is 3.17. The summed E-state index contributed by atoms with van der Waals surface area (Å²) in [6.45, 7) is 0. The fourth-order valence-corrected chi connectivity index (χ4v) is 2.38. The van der Waals surface area contributed by atoms with Crippen LogP contribution in [0.4, 0.5) is 5.82 Å². The van der Waals surface area contributed by atoms with Gasteiger partial charge in [0, 0.05) is 29.2 Å². The van der Waals surface area contributed by atoms with Crippen molar-refractivity contribution < 1.29 is 4.79 Å². The van der Waals surface area contributed by atoms with Gasteiger partial charge >= 0.3 is 0 Å². The number of hydrogen-bond donors (Lipinski definition) is 1. The van der Waals surface area contributed by atoms with Crippen LogP contribution < -0.4 is 5.32 Å². The smallest absolute Gasteiger partial charge is 0.273 e. The topological polar surface area (TPSA) is 46.9 Å². The normalized spacial score (nSPS) is 10.7. The van der Waals surface area contributed by atoms with E-state index in [0.29, 0.717) is 16.5 Å². The number of carbonyl (C=O) groups is 1. The van der Waals surface area contributed by atoms with Gasteiger partial charge in [0.25, 0.3) is 5.91 Å². The minimum absolute atomic E-state index is 0.210. The quantitative estimate of drug-likeness (QED) is 0.783. The molecule has 0 atom stereocenters. The van der Waals surface area contributed by atoms with Crippen molar-refractivity contribution in [1.29, 1.82) is 0 Å². The molecule has 3 rings (SSSR count). The Bertz CT molecular complexity index is 780. The van der Waals surface area contributed by atoms with Crippen LogP contribution >= 0.6 is 11.6 Å². The average molecular weight is 286 g/mol. The molecule has 0 fully saturated rings. The summed E-state index contributed by atoms with van der Waals surface area (Å²) >= 11 is 6.15. The molecule has 5 heteroatoms. The fraction of sp³-hybridized carbons (Fsp3) is 0.0667. The van der Waals surface area contributed by atoms with E-state index >= 15 is 0 Å². The standard InChI is InChI=1S/C15H12ClN3O/c1-19-12-6-4-5-11(16)10(12)9-13(19)15(20)18-14-7-2-3-8-17-14/h2-9H,1H3,(H,17,18,20). The maximum Gasteiger partial charge on any atom is 0.273 e. The Labute approximate surface area is 121 Å². The highest BCUT2D eigenvalue weighted by Gasteiger charge is 2.15. The molecule has 4 nitrogen and oxygen atoms in total. The molecule has 2 heterocycles. The summed E-state index contributed by atoms with van der Waals surface area (Å²) in [4.78, 5) is 16.4. The van der Waals surface area contributed by atoms with Crippen molar-refractivity contribution in [2.45, 2.75) is 0 Å². The van der Waals surface area contributed by atoms with Gasteiger partial charge in [0.1, 0.15) is 11.5 Å². The van der Waals surface area contributed by atoms with Gasteiger partial charge in [-0.1, -0.05) is 23.7 Å². The van der Waals surface area contributed by atoms with Crippen molar-refractivity contribution in [3.8, 4) is 0 Å². The van der Waals surface area contributed by atoms with Crippen molar-refractivity contribution in [2.24, 2.45) is 7.05 Å². The maximum absolute atomic E-state index is 12.3. The van der Waals surface area contributed by atoms with E-state index in [1.165, 1.54) is 0 Å². The lowest BCUT2D eigenvalue weighted by atomic mass is 10.2. The molecule has 0 unspecified atom stereocenters. The van der Waals surface area contributed by atoms with Gasteiger partial charge in [-0.25, -0.2) is 4.98 Å². The molecule has 20 heavy (non-hydrogen) atoms. The van der Waals surface area contributed by atoms with E-state index in [1.807, 2.05) is 35.9 Å². The molecule has 1 N–H and O–H groups in total. The number of rotatable bonds is 2. The van der Waals surface area contributed by atoms with E-state index in [-0.39, 0.29) is 5.91 Å². The van der Waals surface area contributed by atoms with Crippen LogP contribution in [0.1, 0.15) is 10.5 Å². The number of amides is 1. The summed E-state index contributed by atoms with van der Waals surface area (Å²) in [5, 5.41) is 4.26. The van der Waals surface area contributed by atoms with Crippen LogP contribution in [0.3, 0.4) is 0 Å². The van der Waals surface area contributed by atoms with Gasteiger partial charge in [0.2, 0.25) is 0 Å². The molecule has 100 valence electrons. The Hall–Kier alpha value is -2.33. The van der Waals surface area contributed by atoms with Crippen LogP contribution in [-0.4, -0.2) is 15.5 Å². The third kappa shape index (κ3) is 2.14. The molecule has 1 aromatic carbocycles. The third-order valence-corrected chi connectivity index (χ3v) is 3.50. The molecule has 0 saturated carbocycles. The summed E-state index contributed by atoms with van der Waals surface area (Å²) < 4.78 is 1.82. The SMILES string of the molecule is Cn1c(C(=O)Nc2ccccn2)cc2c(Cl)cccc21.